The summed E-state index contributed by atoms with van der Waals surface area (Å²) in [5.41, 5.74) is 3.62. The second-order valence-electron chi connectivity index (χ2n) is 14.3. The first-order valence-corrected chi connectivity index (χ1v) is 25.5. The van der Waals surface area contributed by atoms with E-state index < -0.39 is 33.4 Å². The van der Waals surface area contributed by atoms with Crippen LogP contribution in [-0.2, 0) is 18.3 Å². The van der Waals surface area contributed by atoms with E-state index in [0.29, 0.717) is 24.0 Å². The molecule has 0 bridgehead atoms. The Balaban J connectivity index is 1.52. The lowest BCUT2D eigenvalue weighted by molar-refractivity contribution is 0.101. The minimum atomic E-state index is -2.65. The summed E-state index contributed by atoms with van der Waals surface area (Å²) in [7, 11) is -6.78. The van der Waals surface area contributed by atoms with E-state index in [4.69, 9.17) is 12.9 Å². The van der Waals surface area contributed by atoms with Gasteiger partial charge in [-0.05, 0) is 53.8 Å². The number of ketones is 2. The normalized spacial score (nSPS) is 12.6. The van der Waals surface area contributed by atoms with Gasteiger partial charge in [0.05, 0.1) is 37.9 Å². The van der Waals surface area contributed by atoms with Gasteiger partial charge in [-0.2, -0.15) is 0 Å². The van der Waals surface area contributed by atoms with Crippen molar-refractivity contribution in [3.8, 4) is 0 Å². The molecule has 320 valence electrons. The zero-order valence-corrected chi connectivity index (χ0v) is 38.3. The maximum atomic E-state index is 13.9. The molecule has 5 aromatic rings. The molecule has 60 heavy (non-hydrogen) atoms. The predicted molar refractivity (Wildman–Crippen MR) is 252 cm³/mol. The molecule has 0 radical (unpaired) electrons. The average Bonchev–Trinajstić information content (AvgIpc) is 3.25. The highest BCUT2D eigenvalue weighted by molar-refractivity contribution is 9.10. The van der Waals surface area contributed by atoms with Crippen LogP contribution in [0.1, 0.15) is 50.2 Å². The van der Waals surface area contributed by atoms with E-state index in [0.717, 1.165) is 25.6 Å². The molecule has 14 heteroatoms. The number of aliphatic hydroxyl groups is 4. The Hall–Kier alpha value is -3.12. The zero-order chi connectivity index (χ0) is 42.9. The standard InChI is InChI=1S/C46H53BBr2O9S2/c48-42-21-17-37(18-22-42)44(54)35-59(31-26-50,32-27-51)57-47(58-60(33-28-52,34-29-53)36-45(55)38-19-23-43(49)24-20-38)56-30-10-25-46(39-11-4-1-5-12-39,40-13-6-2-7-14-40)41-15-8-3-9-16-41/h1-9,11-24,50-53H,10,25-36H2. The van der Waals surface area contributed by atoms with Gasteiger partial charge in [-0.25, -0.2) is 0 Å². The van der Waals surface area contributed by atoms with Gasteiger partial charge in [-0.1, -0.05) is 147 Å². The van der Waals surface area contributed by atoms with Crippen LogP contribution in [0.3, 0.4) is 0 Å². The summed E-state index contributed by atoms with van der Waals surface area (Å²) >= 11 is 6.84. The fourth-order valence-corrected chi connectivity index (χ4v) is 12.9. The lowest BCUT2D eigenvalue weighted by atomic mass is 9.67. The van der Waals surface area contributed by atoms with Crippen molar-refractivity contribution in [2.24, 2.45) is 0 Å². The van der Waals surface area contributed by atoms with Crippen molar-refractivity contribution in [2.45, 2.75) is 18.3 Å². The van der Waals surface area contributed by atoms with Gasteiger partial charge in [-0.15, -0.1) is 20.6 Å². The highest BCUT2D eigenvalue weighted by atomic mass is 79.9. The summed E-state index contributed by atoms with van der Waals surface area (Å²) in [6.07, 6.45) is 1.11. The first-order chi connectivity index (χ1) is 29.1. The number of halogens is 2. The van der Waals surface area contributed by atoms with Gasteiger partial charge in [0.25, 0.3) is 0 Å². The van der Waals surface area contributed by atoms with Crippen molar-refractivity contribution in [3.63, 3.8) is 0 Å². The molecule has 0 aliphatic rings. The van der Waals surface area contributed by atoms with Gasteiger partial charge in [0.15, 0.2) is 11.6 Å². The van der Waals surface area contributed by atoms with Gasteiger partial charge in [-0.3, -0.25) is 9.59 Å². The molecule has 0 aromatic heterocycles. The quantitative estimate of drug-likeness (QED) is 0.0186. The molecule has 0 saturated heterocycles. The van der Waals surface area contributed by atoms with Crippen LogP contribution in [0, 0.1) is 0 Å². The molecule has 0 heterocycles. The Kier molecular flexibility index (Phi) is 19.1. The number of aliphatic hydroxyl groups excluding tert-OH is 4. The number of carbonyl (C=O) groups excluding carboxylic acids is 2. The molecule has 0 unspecified atom stereocenters. The minimum absolute atomic E-state index is 0.0400. The predicted octanol–water partition coefficient (Wildman–Crippen LogP) is 8.54. The fraction of sp³-hybridized carbons (Fsp3) is 0.304. The molecule has 0 spiro atoms. The van der Waals surface area contributed by atoms with Crippen molar-refractivity contribution >= 4 is 71.4 Å². The molecule has 0 saturated carbocycles. The Bertz CT molecular complexity index is 1860. The van der Waals surface area contributed by atoms with Gasteiger partial charge in [0.2, 0.25) is 0 Å². The summed E-state index contributed by atoms with van der Waals surface area (Å²) in [5.74, 6) is -0.610. The third kappa shape index (κ3) is 13.0. The van der Waals surface area contributed by atoms with Crippen molar-refractivity contribution in [2.75, 3.05) is 67.6 Å². The van der Waals surface area contributed by atoms with Crippen molar-refractivity contribution in [1.82, 2.24) is 0 Å². The summed E-state index contributed by atoms with van der Waals surface area (Å²) in [6, 6.07) is 44.8. The monoisotopic (exact) mass is 982 g/mol. The van der Waals surface area contributed by atoms with Crippen LogP contribution in [0.5, 0.6) is 0 Å². The smallest absolute Gasteiger partial charge is 0.395 e. The van der Waals surface area contributed by atoms with E-state index in [1.807, 2.05) is 54.6 Å². The zero-order valence-electron chi connectivity index (χ0n) is 33.5. The Morgan fingerprint density at radius 1 is 0.517 bits per heavy atom. The molecular weight excluding hydrogens is 931 g/mol. The number of hydrogen-bond acceptors (Lipinski definition) is 9. The number of hydrogen-bond donors (Lipinski definition) is 4. The van der Waals surface area contributed by atoms with E-state index in [-0.39, 0.29) is 79.1 Å². The van der Waals surface area contributed by atoms with E-state index in [2.05, 4.69) is 68.3 Å². The number of benzene rings is 5. The van der Waals surface area contributed by atoms with Gasteiger partial charge in [0, 0.05) is 55.1 Å². The molecule has 4 N–H and O–H groups in total. The molecule has 0 aliphatic carbocycles. The lowest BCUT2D eigenvalue weighted by Crippen LogP contribution is -2.39. The van der Waals surface area contributed by atoms with E-state index in [1.165, 1.54) is 0 Å². The van der Waals surface area contributed by atoms with Crippen molar-refractivity contribution < 1.29 is 42.9 Å². The second-order valence-corrected chi connectivity index (χ2v) is 22.5. The highest BCUT2D eigenvalue weighted by Gasteiger charge is 2.42. The summed E-state index contributed by atoms with van der Waals surface area (Å²) in [5, 5.41) is 41.6. The van der Waals surface area contributed by atoms with Gasteiger partial charge < -0.3 is 33.3 Å². The Morgan fingerprint density at radius 3 is 1.17 bits per heavy atom. The molecule has 0 fully saturated rings. The molecule has 0 atom stereocenters. The van der Waals surface area contributed by atoms with E-state index in [1.54, 1.807) is 48.5 Å². The second kappa shape index (κ2) is 23.9. The van der Waals surface area contributed by atoms with Crippen LogP contribution >= 0.6 is 52.5 Å². The highest BCUT2D eigenvalue weighted by Crippen LogP contribution is 2.55. The SMILES string of the molecule is O=C(CS(CCO)(CCO)OB(OCCCC(c1ccccc1)(c1ccccc1)c1ccccc1)OS(CCO)(CCO)CC(=O)c1ccc(Br)cc1)c1ccc(Br)cc1. The minimum Gasteiger partial charge on any atom is -0.395 e. The third-order valence-corrected chi connectivity index (χ3v) is 17.8. The van der Waals surface area contributed by atoms with Crippen LogP contribution in [0.25, 0.3) is 0 Å². The van der Waals surface area contributed by atoms with Crippen LogP contribution in [0.15, 0.2) is 148 Å². The molecule has 9 nitrogen and oxygen atoms in total. The Morgan fingerprint density at radius 2 is 0.850 bits per heavy atom. The molecule has 0 aliphatic heterocycles. The van der Waals surface area contributed by atoms with Crippen LogP contribution < -0.4 is 0 Å². The Labute approximate surface area is 374 Å². The lowest BCUT2D eigenvalue weighted by Gasteiger charge is -2.44. The number of Topliss-reactive ketones (excluding diaryl/α,β-unsaturated/α-hetero) is 2. The topological polar surface area (TPSA) is 143 Å². The number of rotatable bonds is 26. The number of carbonyl (C=O) groups is 2. The largest absolute Gasteiger partial charge is 0.660 e. The van der Waals surface area contributed by atoms with Crippen LogP contribution in [0.4, 0.5) is 0 Å². The molecular formula is C46H53BBr2O9S2. The van der Waals surface area contributed by atoms with Crippen molar-refractivity contribution in [1.29, 1.82) is 0 Å². The van der Waals surface area contributed by atoms with Crippen LogP contribution in [-0.4, -0.2) is 107 Å². The summed E-state index contributed by atoms with van der Waals surface area (Å²) < 4.78 is 21.8. The fourth-order valence-electron chi connectivity index (χ4n) is 7.36. The third-order valence-electron chi connectivity index (χ3n) is 10.3. The maximum absolute atomic E-state index is 13.9. The van der Waals surface area contributed by atoms with E-state index >= 15 is 0 Å². The summed E-state index contributed by atoms with van der Waals surface area (Å²) in [4.78, 5) is 27.7. The first-order valence-electron chi connectivity index (χ1n) is 19.8. The van der Waals surface area contributed by atoms with Crippen molar-refractivity contribution in [3.05, 3.63) is 176 Å². The van der Waals surface area contributed by atoms with E-state index in [9.17, 15) is 30.0 Å². The first kappa shape index (κ1) is 47.9. The molecule has 0 amide bonds. The molecule has 5 rings (SSSR count). The van der Waals surface area contributed by atoms with Gasteiger partial charge in [0.1, 0.15) is 0 Å². The molecule has 5 aromatic carbocycles. The van der Waals surface area contributed by atoms with Gasteiger partial charge >= 0.3 is 7.32 Å². The average molecular weight is 985 g/mol. The van der Waals surface area contributed by atoms with Crippen LogP contribution in [0.2, 0.25) is 0 Å². The maximum Gasteiger partial charge on any atom is 0.660 e. The summed E-state index contributed by atoms with van der Waals surface area (Å²) in [6.45, 7) is -1.23.